The van der Waals surface area contributed by atoms with E-state index in [9.17, 15) is 0 Å². The molecule has 0 aromatic heterocycles. The Morgan fingerprint density at radius 1 is 1.54 bits per heavy atom. The molecule has 0 atom stereocenters. The van der Waals surface area contributed by atoms with Crippen LogP contribution >= 0.6 is 38.5 Å². The summed E-state index contributed by atoms with van der Waals surface area (Å²) in [5.41, 5.74) is 4.14. The van der Waals surface area contributed by atoms with Crippen LogP contribution in [0.25, 0.3) is 0 Å². The molecule has 13 heavy (non-hydrogen) atoms. The summed E-state index contributed by atoms with van der Waals surface area (Å²) in [6.45, 7) is 3.05. The summed E-state index contributed by atoms with van der Waals surface area (Å²) in [6, 6.07) is 4.36. The second kappa shape index (κ2) is 3.69. The molecule has 1 heterocycles. The number of hydrogen-bond donors (Lipinski definition) is 0. The zero-order chi connectivity index (χ0) is 9.42. The Kier molecular flexibility index (Phi) is 2.74. The van der Waals surface area contributed by atoms with Crippen molar-refractivity contribution in [2.45, 2.75) is 19.9 Å². The third kappa shape index (κ3) is 1.68. The van der Waals surface area contributed by atoms with Gasteiger partial charge in [-0.3, -0.25) is 4.99 Å². The maximum absolute atomic E-state index is 4.44. The van der Waals surface area contributed by atoms with Crippen molar-refractivity contribution >= 4 is 42.2 Å². The van der Waals surface area contributed by atoms with E-state index in [1.54, 1.807) is 0 Å². The summed E-state index contributed by atoms with van der Waals surface area (Å²) in [4.78, 5) is 4.44. The van der Waals surface area contributed by atoms with Crippen LogP contribution in [0.5, 0.6) is 0 Å². The van der Waals surface area contributed by atoms with Gasteiger partial charge in [0.25, 0.3) is 0 Å². The number of fused-ring (bicyclic) bond motifs is 1. The van der Waals surface area contributed by atoms with Crippen molar-refractivity contribution in [3.8, 4) is 0 Å². The van der Waals surface area contributed by atoms with Gasteiger partial charge in [-0.2, -0.15) is 0 Å². The number of nitrogens with zero attached hydrogens (tertiary/aromatic N) is 1. The fraction of sp³-hybridized carbons (Fsp3) is 0.300. The smallest absolute Gasteiger partial charge is 0.103 e. The lowest BCUT2D eigenvalue weighted by molar-refractivity contribution is 1.03. The monoisotopic (exact) mass is 349 g/mol. The SMILES string of the molecule is CCc1cc(Br)cc2c1CN=C2I. The lowest BCUT2D eigenvalue weighted by Gasteiger charge is -2.06. The van der Waals surface area contributed by atoms with Crippen molar-refractivity contribution < 1.29 is 0 Å². The molecule has 0 unspecified atom stereocenters. The molecule has 0 bridgehead atoms. The number of hydrogen-bond acceptors (Lipinski definition) is 1. The fourth-order valence-electron chi connectivity index (χ4n) is 1.61. The highest BCUT2D eigenvalue weighted by atomic mass is 127. The molecule has 0 radical (unpaired) electrons. The minimum atomic E-state index is 0.865. The first-order valence-corrected chi connectivity index (χ1v) is 6.11. The van der Waals surface area contributed by atoms with Crippen LogP contribution in [-0.2, 0) is 13.0 Å². The summed E-state index contributed by atoms with van der Waals surface area (Å²) < 4.78 is 2.30. The highest BCUT2D eigenvalue weighted by Crippen LogP contribution is 2.29. The molecule has 68 valence electrons. The van der Waals surface area contributed by atoms with E-state index < -0.39 is 0 Å². The normalized spacial score (nSPS) is 14.2. The Labute approximate surface area is 99.9 Å². The lowest BCUT2D eigenvalue weighted by Crippen LogP contribution is -1.95. The molecule has 3 heteroatoms. The Bertz CT molecular complexity index is 385. The Balaban J connectivity index is 2.61. The number of rotatable bonds is 1. The molecule has 1 aromatic carbocycles. The maximum Gasteiger partial charge on any atom is 0.103 e. The van der Waals surface area contributed by atoms with Gasteiger partial charge in [0.2, 0.25) is 0 Å². The van der Waals surface area contributed by atoms with Crippen molar-refractivity contribution in [2.24, 2.45) is 4.99 Å². The van der Waals surface area contributed by atoms with Crippen LogP contribution in [0.15, 0.2) is 21.6 Å². The summed E-state index contributed by atoms with van der Waals surface area (Å²) in [5, 5.41) is 0. The summed E-state index contributed by atoms with van der Waals surface area (Å²) in [5.74, 6) is 0. The van der Waals surface area contributed by atoms with E-state index in [0.717, 1.165) is 21.2 Å². The van der Waals surface area contributed by atoms with Gasteiger partial charge < -0.3 is 0 Å². The Morgan fingerprint density at radius 3 is 3.00 bits per heavy atom. The molecule has 1 aromatic rings. The van der Waals surface area contributed by atoms with Gasteiger partial charge in [-0.1, -0.05) is 22.9 Å². The minimum Gasteiger partial charge on any atom is -0.273 e. The van der Waals surface area contributed by atoms with Crippen LogP contribution in [0.4, 0.5) is 0 Å². The van der Waals surface area contributed by atoms with Gasteiger partial charge in [-0.05, 0) is 52.3 Å². The first-order valence-electron chi connectivity index (χ1n) is 4.24. The summed E-state index contributed by atoms with van der Waals surface area (Å²) in [7, 11) is 0. The van der Waals surface area contributed by atoms with E-state index in [1.165, 1.54) is 16.7 Å². The van der Waals surface area contributed by atoms with Crippen molar-refractivity contribution in [1.82, 2.24) is 0 Å². The van der Waals surface area contributed by atoms with Gasteiger partial charge in [-0.15, -0.1) is 0 Å². The van der Waals surface area contributed by atoms with E-state index in [-0.39, 0.29) is 0 Å². The van der Waals surface area contributed by atoms with E-state index in [0.29, 0.717) is 0 Å². The van der Waals surface area contributed by atoms with Crippen LogP contribution in [0.3, 0.4) is 0 Å². The van der Waals surface area contributed by atoms with Crippen molar-refractivity contribution in [1.29, 1.82) is 0 Å². The van der Waals surface area contributed by atoms with Crippen LogP contribution in [0, 0.1) is 0 Å². The highest BCUT2D eigenvalue weighted by Gasteiger charge is 2.16. The zero-order valence-electron chi connectivity index (χ0n) is 7.27. The number of halogens is 2. The number of aryl methyl sites for hydroxylation is 1. The van der Waals surface area contributed by atoms with Crippen LogP contribution in [0.1, 0.15) is 23.6 Å². The number of benzene rings is 1. The molecule has 0 N–H and O–H groups in total. The van der Waals surface area contributed by atoms with Crippen molar-refractivity contribution in [3.05, 3.63) is 33.3 Å². The van der Waals surface area contributed by atoms with E-state index >= 15 is 0 Å². The predicted molar refractivity (Wildman–Crippen MR) is 67.8 cm³/mol. The molecule has 1 aliphatic heterocycles. The van der Waals surface area contributed by atoms with Gasteiger partial charge >= 0.3 is 0 Å². The summed E-state index contributed by atoms with van der Waals surface area (Å²) >= 11 is 5.83. The predicted octanol–water partition coefficient (Wildman–Crippen LogP) is 3.71. The third-order valence-electron chi connectivity index (χ3n) is 2.29. The van der Waals surface area contributed by atoms with Crippen molar-refractivity contribution in [3.63, 3.8) is 0 Å². The van der Waals surface area contributed by atoms with Gasteiger partial charge in [0.1, 0.15) is 3.72 Å². The zero-order valence-corrected chi connectivity index (χ0v) is 11.0. The molecule has 0 saturated carbocycles. The summed E-state index contributed by atoms with van der Waals surface area (Å²) in [6.07, 6.45) is 1.08. The van der Waals surface area contributed by atoms with Gasteiger partial charge in [0, 0.05) is 10.0 Å². The molecule has 0 aliphatic carbocycles. The average molecular weight is 350 g/mol. The first-order chi connectivity index (χ1) is 6.22. The standard InChI is InChI=1S/C10H9BrIN/c1-2-6-3-7(11)4-8-9(6)5-13-10(8)12/h3-4H,2,5H2,1H3. The molecule has 1 nitrogen and oxygen atoms in total. The molecule has 0 saturated heterocycles. The molecule has 0 fully saturated rings. The van der Waals surface area contributed by atoms with Crippen LogP contribution < -0.4 is 0 Å². The van der Waals surface area contributed by atoms with Gasteiger partial charge in [0.15, 0.2) is 0 Å². The molecule has 0 amide bonds. The Morgan fingerprint density at radius 2 is 2.31 bits per heavy atom. The largest absolute Gasteiger partial charge is 0.273 e. The molecular weight excluding hydrogens is 341 g/mol. The second-order valence-corrected chi connectivity index (χ2v) is 4.99. The molecule has 1 aliphatic rings. The third-order valence-corrected chi connectivity index (χ3v) is 3.67. The van der Waals surface area contributed by atoms with Gasteiger partial charge in [-0.25, -0.2) is 0 Å². The Hall–Kier alpha value is 0.100. The van der Waals surface area contributed by atoms with Crippen LogP contribution in [-0.4, -0.2) is 3.72 Å². The quantitative estimate of drug-likeness (QED) is 0.685. The lowest BCUT2D eigenvalue weighted by atomic mass is 10.0. The fourth-order valence-corrected chi connectivity index (χ4v) is 2.77. The maximum atomic E-state index is 4.44. The van der Waals surface area contributed by atoms with E-state index in [1.807, 2.05) is 0 Å². The number of aliphatic imine (C=N–C) groups is 1. The molecule has 2 rings (SSSR count). The molecule has 0 spiro atoms. The average Bonchev–Trinajstić information content (AvgIpc) is 2.47. The second-order valence-electron chi connectivity index (χ2n) is 3.05. The minimum absolute atomic E-state index is 0.865. The van der Waals surface area contributed by atoms with Crippen molar-refractivity contribution in [2.75, 3.05) is 0 Å². The van der Waals surface area contributed by atoms with Crippen LogP contribution in [0.2, 0.25) is 0 Å². The highest BCUT2D eigenvalue weighted by molar-refractivity contribution is 14.1. The first kappa shape index (κ1) is 9.65. The topological polar surface area (TPSA) is 12.4 Å². The van der Waals surface area contributed by atoms with Gasteiger partial charge in [0.05, 0.1) is 6.54 Å². The van der Waals surface area contributed by atoms with E-state index in [2.05, 4.69) is 62.6 Å². The molecular formula is C10H9BrIN. The van der Waals surface area contributed by atoms with E-state index in [4.69, 9.17) is 0 Å².